The fourth-order valence-electron chi connectivity index (χ4n) is 1.99. The number of methoxy groups -OCH3 is 1. The largest absolute Gasteiger partial charge is 0.497 e. The van der Waals surface area contributed by atoms with Gasteiger partial charge >= 0.3 is 0 Å². The molecule has 2 heterocycles. The van der Waals surface area contributed by atoms with Gasteiger partial charge in [-0.15, -0.1) is 0 Å². The maximum absolute atomic E-state index is 6.26. The van der Waals surface area contributed by atoms with Gasteiger partial charge in [0.2, 0.25) is 0 Å². The Hall–Kier alpha value is -1.34. The smallest absolute Gasteiger partial charge is 0.159 e. The molecule has 0 saturated carbocycles. The number of rotatable bonds is 3. The molecular weight excluding hydrogens is 389 g/mol. The Morgan fingerprint density at radius 3 is 2.70 bits per heavy atom. The van der Waals surface area contributed by atoms with Gasteiger partial charge in [0.15, 0.2) is 5.65 Å². The van der Waals surface area contributed by atoms with Crippen LogP contribution < -0.4 is 4.74 Å². The molecule has 0 N–H and O–H groups in total. The molecule has 0 aliphatic carbocycles. The van der Waals surface area contributed by atoms with Crippen molar-refractivity contribution in [3.05, 3.63) is 50.8 Å². The van der Waals surface area contributed by atoms with E-state index < -0.39 is 0 Å². The predicted molar refractivity (Wildman–Crippen MR) is 87.4 cm³/mol. The van der Waals surface area contributed by atoms with Crippen molar-refractivity contribution in [2.24, 2.45) is 0 Å². The van der Waals surface area contributed by atoms with Crippen molar-refractivity contribution in [3.8, 4) is 5.75 Å². The molecule has 0 atom stereocenters. The summed E-state index contributed by atoms with van der Waals surface area (Å²) < 4.78 is 7.93. The molecule has 0 aliphatic heterocycles. The fraction of sp³-hybridized carbons (Fsp3) is 0.143. The Morgan fingerprint density at radius 1 is 1.25 bits per heavy atom. The van der Waals surface area contributed by atoms with E-state index in [0.29, 0.717) is 11.6 Å². The second-order valence-electron chi connectivity index (χ2n) is 4.31. The second kappa shape index (κ2) is 5.57. The van der Waals surface area contributed by atoms with Crippen LogP contribution in [-0.4, -0.2) is 21.9 Å². The highest BCUT2D eigenvalue weighted by molar-refractivity contribution is 14.1. The molecule has 0 unspecified atom stereocenters. The lowest BCUT2D eigenvalue weighted by Gasteiger charge is -2.05. The highest BCUT2D eigenvalue weighted by Gasteiger charge is 2.10. The van der Waals surface area contributed by atoms with Crippen LogP contribution in [0, 0.1) is 3.57 Å². The lowest BCUT2D eigenvalue weighted by atomic mass is 10.2. The van der Waals surface area contributed by atoms with E-state index >= 15 is 0 Å². The lowest BCUT2D eigenvalue weighted by molar-refractivity contribution is 0.414. The number of halogens is 2. The quantitative estimate of drug-likeness (QED) is 0.630. The fourth-order valence-corrected chi connectivity index (χ4v) is 2.60. The first-order chi connectivity index (χ1) is 9.69. The molecule has 6 heteroatoms. The summed E-state index contributed by atoms with van der Waals surface area (Å²) in [6, 6.07) is 7.90. The van der Waals surface area contributed by atoms with Crippen molar-refractivity contribution in [1.82, 2.24) is 14.8 Å². The number of fused-ring (bicyclic) bond motifs is 1. The number of nitrogens with zero attached hydrogens (tertiary/aromatic N) is 3. The number of hydrogen-bond acceptors (Lipinski definition) is 3. The first-order valence-electron chi connectivity index (χ1n) is 5.97. The predicted octanol–water partition coefficient (Wildman–Crippen LogP) is 3.75. The van der Waals surface area contributed by atoms with E-state index in [1.807, 2.05) is 28.9 Å². The Kier molecular flexibility index (Phi) is 3.80. The highest BCUT2D eigenvalue weighted by Crippen LogP contribution is 2.26. The molecule has 0 bridgehead atoms. The average molecular weight is 400 g/mol. The van der Waals surface area contributed by atoms with Crippen LogP contribution in [0.4, 0.5) is 0 Å². The molecule has 3 aromatic rings. The normalized spacial score (nSPS) is 10.9. The van der Waals surface area contributed by atoms with Crippen molar-refractivity contribution in [2.45, 2.75) is 6.54 Å². The van der Waals surface area contributed by atoms with Crippen molar-refractivity contribution < 1.29 is 4.74 Å². The maximum Gasteiger partial charge on any atom is 0.159 e. The molecule has 4 nitrogen and oxygen atoms in total. The summed E-state index contributed by atoms with van der Waals surface area (Å²) in [5.41, 5.74) is 1.93. The van der Waals surface area contributed by atoms with Crippen molar-refractivity contribution in [2.75, 3.05) is 7.11 Å². The van der Waals surface area contributed by atoms with Crippen LogP contribution >= 0.6 is 34.2 Å². The van der Waals surface area contributed by atoms with Crippen LogP contribution in [0.1, 0.15) is 5.56 Å². The molecule has 0 spiro atoms. The third-order valence-electron chi connectivity index (χ3n) is 3.05. The molecular formula is C14H11ClIN3O. The summed E-state index contributed by atoms with van der Waals surface area (Å²) in [7, 11) is 1.66. The van der Waals surface area contributed by atoms with Gasteiger partial charge in [0.05, 0.1) is 33.8 Å². The van der Waals surface area contributed by atoms with Crippen LogP contribution in [-0.2, 0) is 6.54 Å². The van der Waals surface area contributed by atoms with Gasteiger partial charge in [-0.1, -0.05) is 23.7 Å². The van der Waals surface area contributed by atoms with Gasteiger partial charge in [0.25, 0.3) is 0 Å². The minimum atomic E-state index is 0.650. The van der Waals surface area contributed by atoms with E-state index in [4.69, 9.17) is 16.3 Å². The van der Waals surface area contributed by atoms with E-state index in [1.165, 1.54) is 0 Å². The highest BCUT2D eigenvalue weighted by atomic mass is 127. The Labute approximate surface area is 134 Å². The van der Waals surface area contributed by atoms with Gasteiger partial charge < -0.3 is 4.74 Å². The van der Waals surface area contributed by atoms with Gasteiger partial charge in [-0.3, -0.25) is 0 Å². The van der Waals surface area contributed by atoms with Gasteiger partial charge in [0.1, 0.15) is 5.75 Å². The number of hydrogen-bond donors (Lipinski definition) is 0. The van der Waals surface area contributed by atoms with Crippen LogP contribution in [0.5, 0.6) is 5.75 Å². The standard InChI is InChI=1S/C14H11ClIN3O/c1-20-10-4-2-9(3-5-10)8-19-14-11(6-18-19)13(15)12(16)7-17-14/h2-7H,8H2,1H3. The summed E-state index contributed by atoms with van der Waals surface area (Å²) in [6.45, 7) is 0.650. The van der Waals surface area contributed by atoms with E-state index in [-0.39, 0.29) is 0 Å². The molecule has 0 radical (unpaired) electrons. The zero-order valence-electron chi connectivity index (χ0n) is 10.7. The van der Waals surface area contributed by atoms with E-state index in [9.17, 15) is 0 Å². The monoisotopic (exact) mass is 399 g/mol. The van der Waals surface area contributed by atoms with Gasteiger partial charge in [-0.05, 0) is 40.3 Å². The van der Waals surface area contributed by atoms with E-state index in [0.717, 1.165) is 25.9 Å². The third kappa shape index (κ3) is 2.47. The Morgan fingerprint density at radius 2 is 2.00 bits per heavy atom. The van der Waals surface area contributed by atoms with Crippen LogP contribution in [0.2, 0.25) is 5.02 Å². The van der Waals surface area contributed by atoms with Crippen LogP contribution in [0.3, 0.4) is 0 Å². The summed E-state index contributed by atoms with van der Waals surface area (Å²) in [5, 5.41) is 5.96. The van der Waals surface area contributed by atoms with Gasteiger partial charge in [0, 0.05) is 6.20 Å². The first-order valence-corrected chi connectivity index (χ1v) is 7.43. The molecule has 1 aromatic carbocycles. The zero-order chi connectivity index (χ0) is 14.1. The average Bonchev–Trinajstić information content (AvgIpc) is 2.87. The van der Waals surface area contributed by atoms with E-state index in [1.54, 1.807) is 19.5 Å². The number of benzene rings is 1. The molecule has 0 amide bonds. The maximum atomic E-state index is 6.26. The molecule has 0 fully saturated rings. The molecule has 3 rings (SSSR count). The minimum Gasteiger partial charge on any atom is -0.497 e. The minimum absolute atomic E-state index is 0.650. The number of ether oxygens (including phenoxy) is 1. The van der Waals surface area contributed by atoms with Gasteiger partial charge in [-0.2, -0.15) is 5.10 Å². The lowest BCUT2D eigenvalue weighted by Crippen LogP contribution is -2.02. The van der Waals surface area contributed by atoms with Crippen LogP contribution in [0.15, 0.2) is 36.7 Å². The van der Waals surface area contributed by atoms with E-state index in [2.05, 4.69) is 32.7 Å². The van der Waals surface area contributed by atoms with Gasteiger partial charge in [-0.25, -0.2) is 9.67 Å². The summed E-state index contributed by atoms with van der Waals surface area (Å²) in [5.74, 6) is 0.842. The van der Waals surface area contributed by atoms with Crippen molar-refractivity contribution in [1.29, 1.82) is 0 Å². The Balaban J connectivity index is 1.96. The summed E-state index contributed by atoms with van der Waals surface area (Å²) >= 11 is 8.43. The number of pyridine rings is 1. The zero-order valence-corrected chi connectivity index (χ0v) is 13.6. The Bertz CT molecular complexity index is 755. The summed E-state index contributed by atoms with van der Waals surface area (Å²) in [6.07, 6.45) is 3.52. The molecule has 0 saturated heterocycles. The van der Waals surface area contributed by atoms with Crippen LogP contribution in [0.25, 0.3) is 11.0 Å². The third-order valence-corrected chi connectivity index (χ3v) is 4.59. The SMILES string of the molecule is COc1ccc(Cn2ncc3c(Cl)c(I)cnc32)cc1. The van der Waals surface area contributed by atoms with Crippen molar-refractivity contribution in [3.63, 3.8) is 0 Å². The molecule has 2 aromatic heterocycles. The molecule has 0 aliphatic rings. The molecule has 102 valence electrons. The number of aromatic nitrogens is 3. The first kappa shape index (κ1) is 13.6. The van der Waals surface area contributed by atoms with Crippen molar-refractivity contribution >= 4 is 45.2 Å². The summed E-state index contributed by atoms with van der Waals surface area (Å²) in [4.78, 5) is 4.42. The topological polar surface area (TPSA) is 39.9 Å². The second-order valence-corrected chi connectivity index (χ2v) is 5.85. The molecule has 20 heavy (non-hydrogen) atoms.